The Kier molecular flexibility index (Phi) is 8.00. The van der Waals surface area contributed by atoms with E-state index in [4.69, 9.17) is 10.5 Å². The van der Waals surface area contributed by atoms with E-state index in [0.717, 1.165) is 42.3 Å². The van der Waals surface area contributed by atoms with Crippen LogP contribution in [0.2, 0.25) is 0 Å². The molecule has 0 spiro atoms. The number of ether oxygens (including phenoxy) is 1. The van der Waals surface area contributed by atoms with Crippen LogP contribution in [0.25, 0.3) is 16.8 Å². The highest BCUT2D eigenvalue weighted by Crippen LogP contribution is 2.38. The van der Waals surface area contributed by atoms with Crippen molar-refractivity contribution in [3.63, 3.8) is 0 Å². The van der Waals surface area contributed by atoms with Crippen LogP contribution in [0.4, 0.5) is 8.78 Å². The van der Waals surface area contributed by atoms with Crippen LogP contribution in [0.1, 0.15) is 73.9 Å². The second kappa shape index (κ2) is 11.9. The van der Waals surface area contributed by atoms with Gasteiger partial charge in [-0.25, -0.2) is 18.3 Å². The summed E-state index contributed by atoms with van der Waals surface area (Å²) < 4.78 is 37.8. The second-order valence-electron chi connectivity index (χ2n) is 11.8. The van der Waals surface area contributed by atoms with Gasteiger partial charge in [-0.05, 0) is 90.5 Å². The Morgan fingerprint density at radius 2 is 1.86 bits per heavy atom. The Bertz CT molecular complexity index is 1570. The lowest BCUT2D eigenvalue weighted by atomic mass is 9.72. The molecule has 1 aliphatic carbocycles. The first kappa shape index (κ1) is 28.4. The number of fused-ring (bicyclic) bond motifs is 1. The lowest BCUT2D eigenvalue weighted by molar-refractivity contribution is -0.120. The van der Waals surface area contributed by atoms with Crippen molar-refractivity contribution in [2.75, 3.05) is 13.2 Å². The minimum atomic E-state index is -0.625. The molecule has 6 rings (SSSR count). The maximum absolute atomic E-state index is 15.4. The average Bonchev–Trinajstić information content (AvgIpc) is 3.37. The van der Waals surface area contributed by atoms with Gasteiger partial charge in [0.1, 0.15) is 17.5 Å². The molecule has 0 unspecified atom stereocenters. The van der Waals surface area contributed by atoms with Gasteiger partial charge in [0.25, 0.3) is 0 Å². The first-order valence-corrected chi connectivity index (χ1v) is 14.6. The largest absolute Gasteiger partial charge is 0.381 e. The van der Waals surface area contributed by atoms with Gasteiger partial charge in [0.2, 0.25) is 5.91 Å². The summed E-state index contributed by atoms with van der Waals surface area (Å²) in [6, 6.07) is 8.07. The molecular formula is C32H36F2N6O2. The number of imidazole rings is 1. The molecule has 3 N–H and O–H groups in total. The second-order valence-corrected chi connectivity index (χ2v) is 11.8. The monoisotopic (exact) mass is 574 g/mol. The van der Waals surface area contributed by atoms with Crippen LogP contribution < -0.4 is 11.1 Å². The number of rotatable bonds is 6. The van der Waals surface area contributed by atoms with Crippen molar-refractivity contribution >= 4 is 11.4 Å². The van der Waals surface area contributed by atoms with Crippen LogP contribution >= 0.6 is 0 Å². The summed E-state index contributed by atoms with van der Waals surface area (Å²) in [6.07, 6.45) is 8.88. The normalized spacial score (nSPS) is 23.3. The van der Waals surface area contributed by atoms with Gasteiger partial charge in [-0.1, -0.05) is 6.92 Å². The summed E-state index contributed by atoms with van der Waals surface area (Å²) in [4.78, 5) is 20.7. The van der Waals surface area contributed by atoms with Gasteiger partial charge < -0.3 is 15.8 Å². The van der Waals surface area contributed by atoms with Gasteiger partial charge in [0, 0.05) is 51.0 Å². The number of halogens is 2. The van der Waals surface area contributed by atoms with E-state index in [0.29, 0.717) is 31.0 Å². The van der Waals surface area contributed by atoms with Crippen molar-refractivity contribution in [2.45, 2.75) is 69.9 Å². The number of aromatic nitrogens is 4. The summed E-state index contributed by atoms with van der Waals surface area (Å²) in [5, 5.41) is 7.66. The van der Waals surface area contributed by atoms with Gasteiger partial charge in [-0.3, -0.25) is 9.78 Å². The maximum atomic E-state index is 15.4. The quantitative estimate of drug-likeness (QED) is 0.339. The van der Waals surface area contributed by atoms with Crippen molar-refractivity contribution < 1.29 is 18.3 Å². The molecule has 1 saturated carbocycles. The molecular weight excluding hydrogens is 538 g/mol. The molecule has 2 fully saturated rings. The molecule has 8 nitrogen and oxygen atoms in total. The number of hydrogen-bond acceptors (Lipinski definition) is 6. The molecule has 4 atom stereocenters. The van der Waals surface area contributed by atoms with E-state index in [-0.39, 0.29) is 47.0 Å². The Balaban J connectivity index is 1.28. The standard InChI is InChI=1S/C32H36F2N6O2/c1-18-11-22(14-28(35)32(18)38-19(2)41)25-5-8-36-16-23(25)15-30-37-17-24-3-4-29(39-40(24)30)31-26(33)12-21(13-27(31)34)20-6-9-42-10-7-20/h3-5,8,12-13,16-18,20,22,28,32H,6-7,9-11,14-15,35H2,1-2H3,(H,38,41)/t18-,22+,28+,32-/m0/s1. The van der Waals surface area contributed by atoms with Gasteiger partial charge in [-0.15, -0.1) is 0 Å². The third kappa shape index (κ3) is 5.65. The van der Waals surface area contributed by atoms with Crippen LogP contribution in [0, 0.1) is 17.6 Å². The van der Waals surface area contributed by atoms with Crippen LogP contribution in [0.3, 0.4) is 0 Å². The summed E-state index contributed by atoms with van der Waals surface area (Å²) >= 11 is 0. The summed E-state index contributed by atoms with van der Waals surface area (Å²) in [6.45, 7) is 4.83. The van der Waals surface area contributed by atoms with E-state index >= 15 is 8.78 Å². The molecule has 4 aromatic rings. The molecule has 42 heavy (non-hydrogen) atoms. The number of nitrogens with zero attached hydrogens (tertiary/aromatic N) is 4. The Morgan fingerprint density at radius 3 is 2.57 bits per heavy atom. The third-order valence-corrected chi connectivity index (χ3v) is 8.85. The van der Waals surface area contributed by atoms with E-state index in [1.165, 1.54) is 19.1 Å². The number of nitrogens with one attached hydrogen (secondary N) is 1. The highest BCUT2D eigenvalue weighted by atomic mass is 19.1. The first-order chi connectivity index (χ1) is 20.3. The molecule has 1 aliphatic heterocycles. The summed E-state index contributed by atoms with van der Waals surface area (Å²) in [5.41, 5.74) is 10.1. The van der Waals surface area contributed by atoms with Gasteiger partial charge in [0.05, 0.1) is 23.0 Å². The Labute approximate surface area is 243 Å². The number of pyridine rings is 1. The summed E-state index contributed by atoms with van der Waals surface area (Å²) in [7, 11) is 0. The van der Waals surface area contributed by atoms with Crippen molar-refractivity contribution in [1.29, 1.82) is 0 Å². The molecule has 0 radical (unpaired) electrons. The van der Waals surface area contributed by atoms with Gasteiger partial charge in [0.15, 0.2) is 0 Å². The zero-order valence-electron chi connectivity index (χ0n) is 23.9. The molecule has 220 valence electrons. The first-order valence-electron chi connectivity index (χ1n) is 14.6. The Morgan fingerprint density at radius 1 is 1.10 bits per heavy atom. The smallest absolute Gasteiger partial charge is 0.217 e. The zero-order valence-corrected chi connectivity index (χ0v) is 23.9. The number of amides is 1. The molecule has 10 heteroatoms. The van der Waals surface area contributed by atoms with Crippen molar-refractivity contribution in [2.24, 2.45) is 11.7 Å². The third-order valence-electron chi connectivity index (χ3n) is 8.85. The van der Waals surface area contributed by atoms with Crippen molar-refractivity contribution in [1.82, 2.24) is 24.9 Å². The predicted molar refractivity (Wildman–Crippen MR) is 155 cm³/mol. The van der Waals surface area contributed by atoms with E-state index in [1.54, 1.807) is 29.0 Å². The number of nitrogens with two attached hydrogens (primary N) is 1. The lowest BCUT2D eigenvalue weighted by Gasteiger charge is -2.39. The van der Waals surface area contributed by atoms with E-state index in [1.807, 2.05) is 12.3 Å². The predicted octanol–water partition coefficient (Wildman–Crippen LogP) is 4.90. The highest BCUT2D eigenvalue weighted by molar-refractivity contribution is 5.73. The molecule has 1 amide bonds. The molecule has 1 saturated heterocycles. The SMILES string of the molecule is CC(=O)N[C@@H]1[C@H](N)C[C@H](c2ccncc2Cc2ncc3ccc(-c4c(F)cc(C5CCOCC5)cc4F)nn23)C[C@@H]1C. The number of carbonyl (C=O) groups is 1. The van der Waals surface area contributed by atoms with Crippen LogP contribution in [0.15, 0.2) is 48.9 Å². The topological polar surface area (TPSA) is 107 Å². The molecule has 4 heterocycles. The van der Waals surface area contributed by atoms with Crippen molar-refractivity contribution in [3.8, 4) is 11.3 Å². The molecule has 1 aromatic carbocycles. The number of carbonyl (C=O) groups excluding carboxylic acids is 1. The fourth-order valence-corrected chi connectivity index (χ4v) is 6.77. The zero-order chi connectivity index (χ0) is 29.4. The molecule has 0 bridgehead atoms. The van der Waals surface area contributed by atoms with Gasteiger partial charge >= 0.3 is 0 Å². The lowest BCUT2D eigenvalue weighted by Crippen LogP contribution is -2.54. The van der Waals surface area contributed by atoms with Crippen LogP contribution in [-0.2, 0) is 16.0 Å². The van der Waals surface area contributed by atoms with E-state index < -0.39 is 11.6 Å². The minimum absolute atomic E-state index is 0.0607. The van der Waals surface area contributed by atoms with Crippen molar-refractivity contribution in [3.05, 3.63) is 83.1 Å². The van der Waals surface area contributed by atoms with Gasteiger partial charge in [-0.2, -0.15) is 5.10 Å². The number of benzene rings is 1. The molecule has 2 aliphatic rings. The van der Waals surface area contributed by atoms with E-state index in [2.05, 4.69) is 27.3 Å². The fraction of sp³-hybridized carbons (Fsp3) is 0.438. The minimum Gasteiger partial charge on any atom is -0.381 e. The fourth-order valence-electron chi connectivity index (χ4n) is 6.77. The molecule has 3 aromatic heterocycles. The average molecular weight is 575 g/mol. The maximum Gasteiger partial charge on any atom is 0.217 e. The van der Waals surface area contributed by atoms with Crippen LogP contribution in [-0.4, -0.2) is 50.8 Å². The summed E-state index contributed by atoms with van der Waals surface area (Å²) in [5.74, 6) is -0.185. The highest BCUT2D eigenvalue weighted by Gasteiger charge is 2.35. The number of hydrogen-bond donors (Lipinski definition) is 2. The van der Waals surface area contributed by atoms with Crippen LogP contribution in [0.5, 0.6) is 0 Å². The van der Waals surface area contributed by atoms with E-state index in [9.17, 15) is 4.79 Å². The Hall–Kier alpha value is -3.76.